The quantitative estimate of drug-likeness (QED) is 0.903. The topological polar surface area (TPSA) is 40.5 Å². The number of benzene rings is 1. The normalized spacial score (nSPS) is 12.4. The summed E-state index contributed by atoms with van der Waals surface area (Å²) in [5.74, 6) is -0.788. The molecular formula is C12H15ClFNO2. The summed E-state index contributed by atoms with van der Waals surface area (Å²) in [4.78, 5) is 12.8. The highest BCUT2D eigenvalue weighted by atomic mass is 35.5. The number of aliphatic hydroxyl groups is 1. The Labute approximate surface area is 105 Å². The van der Waals surface area contributed by atoms with Gasteiger partial charge in [0.2, 0.25) is 0 Å². The Morgan fingerprint density at radius 1 is 1.59 bits per heavy atom. The molecule has 5 heteroatoms. The third kappa shape index (κ3) is 3.41. The zero-order chi connectivity index (χ0) is 13.2. The fraction of sp³-hybridized carbons (Fsp3) is 0.417. The van der Waals surface area contributed by atoms with E-state index in [4.69, 9.17) is 16.7 Å². The first kappa shape index (κ1) is 13.9. The zero-order valence-electron chi connectivity index (χ0n) is 10.00. The van der Waals surface area contributed by atoms with Gasteiger partial charge in [0.1, 0.15) is 11.9 Å². The maximum absolute atomic E-state index is 13.4. The van der Waals surface area contributed by atoms with Crippen LogP contribution in [0.3, 0.4) is 0 Å². The van der Waals surface area contributed by atoms with Gasteiger partial charge >= 0.3 is 0 Å². The summed E-state index contributed by atoms with van der Waals surface area (Å²) in [5, 5.41) is 9.55. The van der Waals surface area contributed by atoms with E-state index < -0.39 is 12.0 Å². The Morgan fingerprint density at radius 3 is 2.71 bits per heavy atom. The highest BCUT2D eigenvalue weighted by Gasteiger charge is 2.16. The van der Waals surface area contributed by atoms with Crippen molar-refractivity contribution in [1.82, 2.24) is 4.90 Å². The minimum atomic E-state index is -1.07. The fourth-order valence-electron chi connectivity index (χ4n) is 1.46. The molecule has 1 rings (SSSR count). The maximum atomic E-state index is 13.4. The number of hydrogen-bond acceptors (Lipinski definition) is 2. The summed E-state index contributed by atoms with van der Waals surface area (Å²) in [6, 6.07) is 2.83. The molecule has 0 aliphatic carbocycles. The first-order valence-electron chi connectivity index (χ1n) is 5.20. The molecule has 0 spiro atoms. The Kier molecular flexibility index (Phi) is 4.48. The van der Waals surface area contributed by atoms with Gasteiger partial charge in [-0.3, -0.25) is 4.79 Å². The minimum Gasteiger partial charge on any atom is -0.384 e. The predicted molar refractivity (Wildman–Crippen MR) is 64.3 cm³/mol. The molecule has 1 N–H and O–H groups in total. The molecule has 0 saturated heterocycles. The summed E-state index contributed by atoms with van der Waals surface area (Å²) in [7, 11) is 1.53. The van der Waals surface area contributed by atoms with Gasteiger partial charge in [0.25, 0.3) is 5.91 Å². The number of amides is 1. The molecule has 1 atom stereocenters. The number of aryl methyl sites for hydroxylation is 1. The van der Waals surface area contributed by atoms with E-state index in [-0.39, 0.29) is 12.4 Å². The van der Waals surface area contributed by atoms with Crippen LogP contribution >= 0.6 is 11.6 Å². The Morgan fingerprint density at radius 2 is 2.18 bits per heavy atom. The van der Waals surface area contributed by atoms with Crippen LogP contribution in [0.1, 0.15) is 18.1 Å². The van der Waals surface area contributed by atoms with Crippen molar-refractivity contribution in [1.29, 1.82) is 0 Å². The standard InChI is InChI=1S/C12H15ClFNO2/c1-7-4-10(13)9(5-11(7)14)6-15(3)12(17)8(2)16/h4-5,8,16H,6H2,1-3H3. The molecule has 0 heterocycles. The van der Waals surface area contributed by atoms with Crippen LogP contribution in [0, 0.1) is 12.7 Å². The molecule has 0 aliphatic rings. The van der Waals surface area contributed by atoms with Crippen molar-refractivity contribution in [2.75, 3.05) is 7.05 Å². The number of likely N-dealkylation sites (N-methyl/N-ethyl adjacent to an activating group) is 1. The van der Waals surface area contributed by atoms with Crippen LogP contribution < -0.4 is 0 Å². The van der Waals surface area contributed by atoms with Gasteiger partial charge < -0.3 is 10.0 Å². The van der Waals surface area contributed by atoms with E-state index in [1.807, 2.05) is 0 Å². The number of carbonyl (C=O) groups excluding carboxylic acids is 1. The zero-order valence-corrected chi connectivity index (χ0v) is 10.8. The second-order valence-corrected chi connectivity index (χ2v) is 4.47. The summed E-state index contributed by atoms with van der Waals surface area (Å²) >= 11 is 5.96. The van der Waals surface area contributed by atoms with Crippen LogP contribution in [-0.4, -0.2) is 29.1 Å². The molecule has 0 bridgehead atoms. The molecule has 0 aromatic heterocycles. The van der Waals surface area contributed by atoms with Gasteiger partial charge in [-0.1, -0.05) is 11.6 Å². The number of halogens is 2. The molecule has 1 amide bonds. The first-order valence-corrected chi connectivity index (χ1v) is 5.58. The van der Waals surface area contributed by atoms with Crippen molar-refractivity contribution in [3.8, 4) is 0 Å². The average molecular weight is 260 g/mol. The largest absolute Gasteiger partial charge is 0.384 e. The molecule has 1 aromatic rings. The van der Waals surface area contributed by atoms with Gasteiger partial charge in [-0.25, -0.2) is 4.39 Å². The molecule has 94 valence electrons. The van der Waals surface area contributed by atoms with Crippen molar-refractivity contribution in [3.63, 3.8) is 0 Å². The van der Waals surface area contributed by atoms with Crippen molar-refractivity contribution in [2.24, 2.45) is 0 Å². The van der Waals surface area contributed by atoms with Crippen molar-refractivity contribution in [2.45, 2.75) is 26.5 Å². The summed E-state index contributed by atoms with van der Waals surface area (Å²) in [6.45, 7) is 3.17. The molecule has 0 saturated carbocycles. The van der Waals surface area contributed by atoms with Crippen molar-refractivity contribution < 1.29 is 14.3 Å². The molecule has 1 unspecified atom stereocenters. The van der Waals surface area contributed by atoms with E-state index in [0.717, 1.165) is 0 Å². The molecular weight excluding hydrogens is 245 g/mol. The fourth-order valence-corrected chi connectivity index (χ4v) is 1.74. The third-order valence-electron chi connectivity index (χ3n) is 2.47. The Balaban J connectivity index is 2.89. The lowest BCUT2D eigenvalue weighted by Gasteiger charge is -2.19. The highest BCUT2D eigenvalue weighted by molar-refractivity contribution is 6.31. The van der Waals surface area contributed by atoms with Gasteiger partial charge in [0.05, 0.1) is 0 Å². The number of nitrogens with zero attached hydrogens (tertiary/aromatic N) is 1. The summed E-state index contributed by atoms with van der Waals surface area (Å²) < 4.78 is 13.4. The number of aliphatic hydroxyl groups excluding tert-OH is 1. The molecule has 0 aliphatic heterocycles. The van der Waals surface area contributed by atoms with Crippen molar-refractivity contribution in [3.05, 3.63) is 34.1 Å². The molecule has 0 radical (unpaired) electrons. The maximum Gasteiger partial charge on any atom is 0.251 e. The lowest BCUT2D eigenvalue weighted by molar-refractivity contribution is -0.138. The second-order valence-electron chi connectivity index (χ2n) is 4.06. The first-order chi connectivity index (χ1) is 7.82. The minimum absolute atomic E-state index is 0.166. The second kappa shape index (κ2) is 5.47. The molecule has 0 fully saturated rings. The van der Waals surface area contributed by atoms with Crippen LogP contribution in [0.15, 0.2) is 12.1 Å². The van der Waals surface area contributed by atoms with E-state index in [1.54, 1.807) is 6.92 Å². The monoisotopic (exact) mass is 259 g/mol. The number of hydrogen-bond donors (Lipinski definition) is 1. The van der Waals surface area contributed by atoms with E-state index in [1.165, 1.54) is 31.0 Å². The van der Waals surface area contributed by atoms with E-state index in [9.17, 15) is 9.18 Å². The van der Waals surface area contributed by atoms with E-state index in [2.05, 4.69) is 0 Å². The third-order valence-corrected chi connectivity index (χ3v) is 2.82. The Hall–Kier alpha value is -1.13. The van der Waals surface area contributed by atoms with Crippen molar-refractivity contribution >= 4 is 17.5 Å². The van der Waals surface area contributed by atoms with Gasteiger partial charge in [-0.2, -0.15) is 0 Å². The highest BCUT2D eigenvalue weighted by Crippen LogP contribution is 2.21. The van der Waals surface area contributed by atoms with Crippen LogP contribution in [0.2, 0.25) is 5.02 Å². The SMILES string of the molecule is Cc1cc(Cl)c(CN(C)C(=O)C(C)O)cc1F. The van der Waals surface area contributed by atoms with Crippen LogP contribution in [0.5, 0.6) is 0 Å². The summed E-state index contributed by atoms with van der Waals surface area (Å²) in [5.41, 5.74) is 0.981. The van der Waals surface area contributed by atoms with Gasteiger partial charge in [0.15, 0.2) is 0 Å². The molecule has 3 nitrogen and oxygen atoms in total. The Bertz CT molecular complexity index is 435. The van der Waals surface area contributed by atoms with Crippen LogP contribution in [-0.2, 0) is 11.3 Å². The van der Waals surface area contributed by atoms with Gasteiger partial charge in [-0.05, 0) is 37.1 Å². The van der Waals surface area contributed by atoms with Crippen LogP contribution in [0.25, 0.3) is 0 Å². The lowest BCUT2D eigenvalue weighted by atomic mass is 10.1. The summed E-state index contributed by atoms with van der Waals surface area (Å²) in [6.07, 6.45) is -1.07. The molecule has 17 heavy (non-hydrogen) atoms. The van der Waals surface area contributed by atoms with Crippen LogP contribution in [0.4, 0.5) is 4.39 Å². The average Bonchev–Trinajstić information content (AvgIpc) is 2.24. The number of rotatable bonds is 3. The smallest absolute Gasteiger partial charge is 0.251 e. The van der Waals surface area contributed by atoms with Gasteiger partial charge in [0, 0.05) is 18.6 Å². The lowest BCUT2D eigenvalue weighted by Crippen LogP contribution is -2.34. The van der Waals surface area contributed by atoms with E-state index in [0.29, 0.717) is 16.1 Å². The van der Waals surface area contributed by atoms with E-state index >= 15 is 0 Å². The predicted octanol–water partition coefficient (Wildman–Crippen LogP) is 2.13. The molecule has 1 aromatic carbocycles. The van der Waals surface area contributed by atoms with Gasteiger partial charge in [-0.15, -0.1) is 0 Å². The number of carbonyl (C=O) groups is 1.